The molecule has 1 amide bonds. The van der Waals surface area contributed by atoms with Gasteiger partial charge < -0.3 is 23.5 Å². The van der Waals surface area contributed by atoms with Gasteiger partial charge in [0, 0.05) is 13.2 Å². The summed E-state index contributed by atoms with van der Waals surface area (Å²) in [5.74, 6) is 0.966. The molecular formula is C25H25NO6. The van der Waals surface area contributed by atoms with Crippen LogP contribution in [-0.2, 0) is 4.74 Å². The van der Waals surface area contributed by atoms with Gasteiger partial charge >= 0.3 is 0 Å². The second-order valence-corrected chi connectivity index (χ2v) is 8.01. The predicted molar refractivity (Wildman–Crippen MR) is 119 cm³/mol. The van der Waals surface area contributed by atoms with Gasteiger partial charge in [-0.05, 0) is 49.6 Å². The number of carbonyl (C=O) groups excluding carboxylic acids is 1. The number of hydrogen-bond acceptors (Lipinski definition) is 6. The molecule has 2 atom stereocenters. The Morgan fingerprint density at radius 2 is 1.97 bits per heavy atom. The third-order valence-electron chi connectivity index (χ3n) is 6.10. The van der Waals surface area contributed by atoms with Crippen LogP contribution in [0.15, 0.2) is 51.7 Å². The molecule has 5 rings (SSSR count). The van der Waals surface area contributed by atoms with Crippen LogP contribution in [0.3, 0.4) is 0 Å². The van der Waals surface area contributed by atoms with E-state index in [0.717, 1.165) is 18.4 Å². The fourth-order valence-electron chi connectivity index (χ4n) is 4.64. The molecule has 7 heteroatoms. The van der Waals surface area contributed by atoms with Crippen molar-refractivity contribution >= 4 is 16.9 Å². The second-order valence-electron chi connectivity index (χ2n) is 8.01. The molecule has 2 aromatic carbocycles. The number of fused-ring (bicyclic) bond motifs is 2. The Labute approximate surface area is 185 Å². The number of para-hydroxylation sites is 1. The van der Waals surface area contributed by atoms with E-state index in [1.807, 2.05) is 25.1 Å². The highest BCUT2D eigenvalue weighted by Gasteiger charge is 2.44. The normalized spacial score (nSPS) is 20.1. The smallest absolute Gasteiger partial charge is 0.291 e. The summed E-state index contributed by atoms with van der Waals surface area (Å²) in [5, 5.41) is 0.459. The van der Waals surface area contributed by atoms with Crippen LogP contribution >= 0.6 is 0 Å². The Bertz CT molecular complexity index is 1230. The summed E-state index contributed by atoms with van der Waals surface area (Å²) < 4.78 is 23.0. The molecule has 2 unspecified atom stereocenters. The van der Waals surface area contributed by atoms with Crippen molar-refractivity contribution in [3.63, 3.8) is 0 Å². The number of benzene rings is 2. The third-order valence-corrected chi connectivity index (χ3v) is 6.10. The van der Waals surface area contributed by atoms with Gasteiger partial charge in [0.1, 0.15) is 5.58 Å². The Kier molecular flexibility index (Phi) is 5.35. The highest BCUT2D eigenvalue weighted by atomic mass is 16.5. The van der Waals surface area contributed by atoms with Gasteiger partial charge in [-0.25, -0.2) is 0 Å². The van der Waals surface area contributed by atoms with Crippen molar-refractivity contribution < 1.29 is 23.4 Å². The van der Waals surface area contributed by atoms with E-state index in [2.05, 4.69) is 0 Å². The summed E-state index contributed by atoms with van der Waals surface area (Å²) in [5.41, 5.74) is 1.34. The van der Waals surface area contributed by atoms with E-state index in [1.54, 1.807) is 36.3 Å². The minimum Gasteiger partial charge on any atom is -0.493 e. The molecule has 7 nitrogen and oxygen atoms in total. The highest BCUT2D eigenvalue weighted by Crippen LogP contribution is 2.41. The van der Waals surface area contributed by atoms with Crippen LogP contribution in [0.1, 0.15) is 47.5 Å². The average Bonchev–Trinajstić information content (AvgIpc) is 3.42. The van der Waals surface area contributed by atoms with Gasteiger partial charge in [0.25, 0.3) is 5.91 Å². The molecule has 0 aliphatic carbocycles. The van der Waals surface area contributed by atoms with Gasteiger partial charge in [-0.2, -0.15) is 0 Å². The number of nitrogens with zero attached hydrogens (tertiary/aromatic N) is 1. The van der Waals surface area contributed by atoms with Crippen LogP contribution in [0, 0.1) is 0 Å². The maximum absolute atomic E-state index is 13.5. The summed E-state index contributed by atoms with van der Waals surface area (Å²) in [4.78, 5) is 28.7. The van der Waals surface area contributed by atoms with Crippen LogP contribution in [0.4, 0.5) is 0 Å². The fourth-order valence-corrected chi connectivity index (χ4v) is 4.64. The van der Waals surface area contributed by atoms with Crippen molar-refractivity contribution in [1.29, 1.82) is 0 Å². The number of carbonyl (C=O) groups is 1. The number of ether oxygens (including phenoxy) is 3. The van der Waals surface area contributed by atoms with E-state index in [1.165, 1.54) is 0 Å². The van der Waals surface area contributed by atoms with Crippen LogP contribution in [0.2, 0.25) is 0 Å². The van der Waals surface area contributed by atoms with E-state index in [-0.39, 0.29) is 23.2 Å². The molecular weight excluding hydrogens is 410 g/mol. The summed E-state index contributed by atoms with van der Waals surface area (Å²) in [7, 11) is 1.57. The Hall–Kier alpha value is -3.32. The molecule has 1 aromatic heterocycles. The van der Waals surface area contributed by atoms with Gasteiger partial charge in [0.2, 0.25) is 5.76 Å². The monoisotopic (exact) mass is 435 g/mol. The summed E-state index contributed by atoms with van der Waals surface area (Å²) in [6.07, 6.45) is 1.77. The summed E-state index contributed by atoms with van der Waals surface area (Å²) >= 11 is 0. The lowest BCUT2D eigenvalue weighted by molar-refractivity contribution is 0.0486. The van der Waals surface area contributed by atoms with Crippen molar-refractivity contribution in [2.45, 2.75) is 31.9 Å². The number of methoxy groups -OCH3 is 1. The van der Waals surface area contributed by atoms with Crippen LogP contribution in [-0.4, -0.2) is 43.8 Å². The van der Waals surface area contributed by atoms with Crippen molar-refractivity contribution in [3.05, 3.63) is 69.6 Å². The van der Waals surface area contributed by atoms with Gasteiger partial charge in [-0.15, -0.1) is 0 Å². The zero-order chi connectivity index (χ0) is 22.2. The number of rotatable bonds is 6. The van der Waals surface area contributed by atoms with Crippen LogP contribution in [0.25, 0.3) is 11.0 Å². The quantitative estimate of drug-likeness (QED) is 0.584. The topological polar surface area (TPSA) is 78.2 Å². The predicted octanol–water partition coefficient (Wildman–Crippen LogP) is 3.92. The first-order valence-electron chi connectivity index (χ1n) is 10.9. The van der Waals surface area contributed by atoms with Crippen molar-refractivity contribution in [3.8, 4) is 11.5 Å². The summed E-state index contributed by atoms with van der Waals surface area (Å²) in [6, 6.07) is 11.9. The highest BCUT2D eigenvalue weighted by molar-refractivity contribution is 5.99. The molecule has 0 bridgehead atoms. The van der Waals surface area contributed by atoms with E-state index in [9.17, 15) is 9.59 Å². The summed E-state index contributed by atoms with van der Waals surface area (Å²) in [6.45, 7) is 3.47. The molecule has 3 heterocycles. The van der Waals surface area contributed by atoms with Crippen molar-refractivity contribution in [1.82, 2.24) is 4.90 Å². The molecule has 32 heavy (non-hydrogen) atoms. The zero-order valence-electron chi connectivity index (χ0n) is 18.1. The number of hydrogen-bond donors (Lipinski definition) is 0. The van der Waals surface area contributed by atoms with E-state index >= 15 is 0 Å². The minimum absolute atomic E-state index is 0.0649. The largest absolute Gasteiger partial charge is 0.493 e. The van der Waals surface area contributed by atoms with E-state index < -0.39 is 6.04 Å². The average molecular weight is 435 g/mol. The van der Waals surface area contributed by atoms with Gasteiger partial charge in [0.15, 0.2) is 16.9 Å². The lowest BCUT2D eigenvalue weighted by Gasteiger charge is -2.28. The molecule has 3 aromatic rings. The van der Waals surface area contributed by atoms with Crippen molar-refractivity contribution in [2.75, 3.05) is 26.9 Å². The van der Waals surface area contributed by atoms with E-state index in [4.69, 9.17) is 18.6 Å². The molecule has 0 N–H and O–H groups in total. The fraction of sp³-hybridized carbons (Fsp3) is 0.360. The molecule has 0 radical (unpaired) electrons. The van der Waals surface area contributed by atoms with Gasteiger partial charge in [-0.1, -0.05) is 18.2 Å². The molecule has 1 fully saturated rings. The maximum atomic E-state index is 13.5. The van der Waals surface area contributed by atoms with Crippen LogP contribution < -0.4 is 14.9 Å². The third kappa shape index (κ3) is 3.33. The van der Waals surface area contributed by atoms with Gasteiger partial charge in [-0.3, -0.25) is 9.59 Å². The van der Waals surface area contributed by atoms with Gasteiger partial charge in [0.05, 0.1) is 36.8 Å². The SMILES string of the molecule is CCOc1ccc(C2c3c(oc4ccccc4c3=O)C(=O)N2CC2CCCO2)cc1OC. The lowest BCUT2D eigenvalue weighted by Crippen LogP contribution is -2.36. The first-order chi connectivity index (χ1) is 15.6. The Balaban J connectivity index is 1.68. The molecule has 1 saturated heterocycles. The first-order valence-corrected chi connectivity index (χ1v) is 10.9. The molecule has 2 aliphatic rings. The van der Waals surface area contributed by atoms with Crippen molar-refractivity contribution in [2.24, 2.45) is 0 Å². The first kappa shape index (κ1) is 20.6. The molecule has 0 saturated carbocycles. The molecule has 166 valence electrons. The second kappa shape index (κ2) is 8.31. The Morgan fingerprint density at radius 1 is 1.12 bits per heavy atom. The minimum atomic E-state index is -0.591. The van der Waals surface area contributed by atoms with Crippen LogP contribution in [0.5, 0.6) is 11.5 Å². The van der Waals surface area contributed by atoms with E-state index in [0.29, 0.717) is 47.8 Å². The number of amides is 1. The lowest BCUT2D eigenvalue weighted by atomic mass is 9.98. The molecule has 2 aliphatic heterocycles. The molecule has 0 spiro atoms. The standard InChI is InChI=1S/C25H25NO6/c1-3-30-19-11-10-15(13-20(19)29-2)22-21-23(27)17-8-4-5-9-18(17)32-24(21)25(28)26(22)14-16-7-6-12-31-16/h4-5,8-11,13,16,22H,3,6-7,12,14H2,1-2H3. The maximum Gasteiger partial charge on any atom is 0.291 e. The Morgan fingerprint density at radius 3 is 2.72 bits per heavy atom. The zero-order valence-corrected chi connectivity index (χ0v) is 18.1.